The lowest BCUT2D eigenvalue weighted by molar-refractivity contribution is 0.187. The Morgan fingerprint density at radius 2 is 2.19 bits per heavy atom. The molecule has 0 bridgehead atoms. The smallest absolute Gasteiger partial charge is 0.216 e. The number of aliphatic hydroxyl groups excluding tert-OH is 1. The van der Waals surface area contributed by atoms with Crippen molar-refractivity contribution < 1.29 is 9.52 Å². The maximum atomic E-state index is 8.95. The van der Waals surface area contributed by atoms with Gasteiger partial charge in [-0.05, 0) is 25.8 Å². The highest BCUT2D eigenvalue weighted by Crippen LogP contribution is 2.26. The Labute approximate surface area is 95.5 Å². The monoisotopic (exact) mass is 225 g/mol. The summed E-state index contributed by atoms with van der Waals surface area (Å²) in [5.41, 5.74) is 0. The van der Waals surface area contributed by atoms with E-state index in [1.807, 2.05) is 0 Å². The summed E-state index contributed by atoms with van der Waals surface area (Å²) < 4.78 is 5.31. The van der Waals surface area contributed by atoms with Crippen LogP contribution in [0.2, 0.25) is 0 Å². The van der Waals surface area contributed by atoms with E-state index in [1.54, 1.807) is 6.92 Å². The lowest BCUT2D eigenvalue weighted by Gasteiger charge is -2.19. The SMILES string of the molecule is Cc1nnc(CCCN(CCO)C2CC2)o1. The van der Waals surface area contributed by atoms with E-state index < -0.39 is 0 Å². The van der Waals surface area contributed by atoms with Crippen molar-refractivity contribution in [2.45, 2.75) is 38.6 Å². The van der Waals surface area contributed by atoms with Gasteiger partial charge >= 0.3 is 0 Å². The summed E-state index contributed by atoms with van der Waals surface area (Å²) in [6, 6.07) is 0.705. The molecule has 0 spiro atoms. The number of aliphatic hydroxyl groups is 1. The van der Waals surface area contributed by atoms with Gasteiger partial charge in [-0.1, -0.05) is 0 Å². The third kappa shape index (κ3) is 3.28. The summed E-state index contributed by atoms with van der Waals surface area (Å²) in [5, 5.41) is 16.7. The first-order valence-electron chi connectivity index (χ1n) is 5.93. The van der Waals surface area contributed by atoms with E-state index in [0.717, 1.165) is 31.8 Å². The van der Waals surface area contributed by atoms with Crippen molar-refractivity contribution in [1.29, 1.82) is 0 Å². The second kappa shape index (κ2) is 5.41. The van der Waals surface area contributed by atoms with Gasteiger partial charge in [0.25, 0.3) is 0 Å². The predicted octanol–water partition coefficient (Wildman–Crippen LogP) is 0.767. The normalized spacial score (nSPS) is 15.9. The van der Waals surface area contributed by atoms with Crippen LogP contribution in [-0.4, -0.2) is 45.9 Å². The molecule has 90 valence electrons. The van der Waals surface area contributed by atoms with Crippen LogP contribution >= 0.6 is 0 Å². The van der Waals surface area contributed by atoms with E-state index in [-0.39, 0.29) is 6.61 Å². The molecule has 1 fully saturated rings. The summed E-state index contributed by atoms with van der Waals surface area (Å²) in [6.07, 6.45) is 4.40. The van der Waals surface area contributed by atoms with Gasteiger partial charge in [0.2, 0.25) is 11.8 Å². The number of nitrogens with zero attached hydrogens (tertiary/aromatic N) is 3. The molecule has 0 aromatic carbocycles. The molecule has 0 radical (unpaired) electrons. The topological polar surface area (TPSA) is 62.4 Å². The molecule has 0 amide bonds. The third-order valence-electron chi connectivity index (χ3n) is 2.85. The zero-order valence-electron chi connectivity index (χ0n) is 9.72. The average Bonchev–Trinajstić information content (AvgIpc) is 3.02. The fraction of sp³-hybridized carbons (Fsp3) is 0.818. The fourth-order valence-corrected chi connectivity index (χ4v) is 1.92. The maximum absolute atomic E-state index is 8.95. The fourth-order valence-electron chi connectivity index (χ4n) is 1.92. The van der Waals surface area contributed by atoms with E-state index in [9.17, 15) is 0 Å². The van der Waals surface area contributed by atoms with E-state index >= 15 is 0 Å². The molecule has 0 atom stereocenters. The van der Waals surface area contributed by atoms with Crippen molar-refractivity contribution in [3.8, 4) is 0 Å². The third-order valence-corrected chi connectivity index (χ3v) is 2.85. The minimum absolute atomic E-state index is 0.246. The van der Waals surface area contributed by atoms with Crippen LogP contribution in [0.3, 0.4) is 0 Å². The molecule has 0 unspecified atom stereocenters. The largest absolute Gasteiger partial charge is 0.426 e. The van der Waals surface area contributed by atoms with Crippen LogP contribution < -0.4 is 0 Å². The first-order valence-corrected chi connectivity index (χ1v) is 5.93. The molecule has 1 saturated carbocycles. The highest BCUT2D eigenvalue weighted by atomic mass is 16.4. The Morgan fingerprint density at radius 3 is 2.75 bits per heavy atom. The number of aromatic nitrogens is 2. The van der Waals surface area contributed by atoms with Crippen LogP contribution in [0.1, 0.15) is 31.0 Å². The van der Waals surface area contributed by atoms with Crippen LogP contribution in [0.25, 0.3) is 0 Å². The Balaban J connectivity index is 1.69. The second-order valence-corrected chi connectivity index (χ2v) is 4.31. The van der Waals surface area contributed by atoms with Crippen molar-refractivity contribution >= 4 is 0 Å². The standard InChI is InChI=1S/C11H19N3O2/c1-9-12-13-11(16-9)3-2-6-14(7-8-15)10-4-5-10/h10,15H,2-8H2,1H3. The first-order chi connectivity index (χ1) is 7.79. The highest BCUT2D eigenvalue weighted by Gasteiger charge is 2.27. The van der Waals surface area contributed by atoms with Crippen molar-refractivity contribution in [2.24, 2.45) is 0 Å². The van der Waals surface area contributed by atoms with Gasteiger partial charge in [0.05, 0.1) is 6.61 Å². The molecule has 1 aliphatic rings. The van der Waals surface area contributed by atoms with Crippen molar-refractivity contribution in [3.05, 3.63) is 11.8 Å². The van der Waals surface area contributed by atoms with Gasteiger partial charge in [0, 0.05) is 25.9 Å². The molecule has 5 nitrogen and oxygen atoms in total. The van der Waals surface area contributed by atoms with Crippen LogP contribution in [-0.2, 0) is 6.42 Å². The Bertz CT molecular complexity index is 323. The molecular formula is C11H19N3O2. The molecule has 16 heavy (non-hydrogen) atoms. The highest BCUT2D eigenvalue weighted by molar-refractivity contribution is 4.85. The summed E-state index contributed by atoms with van der Waals surface area (Å²) in [7, 11) is 0. The van der Waals surface area contributed by atoms with E-state index in [4.69, 9.17) is 9.52 Å². The summed E-state index contributed by atoms with van der Waals surface area (Å²) in [5.74, 6) is 1.35. The van der Waals surface area contributed by atoms with Gasteiger partial charge in [-0.3, -0.25) is 4.90 Å². The van der Waals surface area contributed by atoms with Crippen molar-refractivity contribution in [2.75, 3.05) is 19.7 Å². The number of aryl methyl sites for hydroxylation is 2. The molecule has 5 heteroatoms. The lowest BCUT2D eigenvalue weighted by atomic mass is 10.3. The molecule has 1 aromatic heterocycles. The molecule has 1 aromatic rings. The molecule has 0 aliphatic heterocycles. The number of hydrogen-bond donors (Lipinski definition) is 1. The van der Waals surface area contributed by atoms with E-state index in [1.165, 1.54) is 12.8 Å². The van der Waals surface area contributed by atoms with Gasteiger partial charge in [-0.15, -0.1) is 10.2 Å². The zero-order valence-corrected chi connectivity index (χ0v) is 9.72. The second-order valence-electron chi connectivity index (χ2n) is 4.31. The van der Waals surface area contributed by atoms with Crippen molar-refractivity contribution in [3.63, 3.8) is 0 Å². The lowest BCUT2D eigenvalue weighted by Crippen LogP contribution is -2.30. The van der Waals surface area contributed by atoms with Crippen LogP contribution in [0.15, 0.2) is 4.42 Å². The summed E-state index contributed by atoms with van der Waals surface area (Å²) in [6.45, 7) is 3.84. The molecular weight excluding hydrogens is 206 g/mol. The summed E-state index contributed by atoms with van der Waals surface area (Å²) in [4.78, 5) is 2.35. The molecule has 1 aliphatic carbocycles. The minimum atomic E-state index is 0.246. The minimum Gasteiger partial charge on any atom is -0.426 e. The van der Waals surface area contributed by atoms with Crippen LogP contribution in [0.5, 0.6) is 0 Å². The van der Waals surface area contributed by atoms with Gasteiger partial charge in [0.15, 0.2) is 0 Å². The van der Waals surface area contributed by atoms with E-state index in [0.29, 0.717) is 11.9 Å². The Hall–Kier alpha value is -0.940. The van der Waals surface area contributed by atoms with E-state index in [2.05, 4.69) is 15.1 Å². The molecule has 1 heterocycles. The average molecular weight is 225 g/mol. The number of rotatable bonds is 7. The Kier molecular flexibility index (Phi) is 3.90. The predicted molar refractivity (Wildman–Crippen MR) is 59.0 cm³/mol. The Morgan fingerprint density at radius 1 is 1.38 bits per heavy atom. The van der Waals surface area contributed by atoms with Crippen molar-refractivity contribution in [1.82, 2.24) is 15.1 Å². The first kappa shape index (κ1) is 11.5. The zero-order chi connectivity index (χ0) is 11.4. The number of hydrogen-bond acceptors (Lipinski definition) is 5. The van der Waals surface area contributed by atoms with Crippen LogP contribution in [0.4, 0.5) is 0 Å². The maximum Gasteiger partial charge on any atom is 0.216 e. The molecule has 0 saturated heterocycles. The van der Waals surface area contributed by atoms with Crippen LogP contribution in [0, 0.1) is 6.92 Å². The molecule has 2 rings (SSSR count). The van der Waals surface area contributed by atoms with Gasteiger partial charge in [-0.2, -0.15) is 0 Å². The van der Waals surface area contributed by atoms with Gasteiger partial charge in [-0.25, -0.2) is 0 Å². The van der Waals surface area contributed by atoms with Gasteiger partial charge in [0.1, 0.15) is 0 Å². The molecule has 1 N–H and O–H groups in total. The van der Waals surface area contributed by atoms with Gasteiger partial charge < -0.3 is 9.52 Å². The summed E-state index contributed by atoms with van der Waals surface area (Å²) >= 11 is 0. The quantitative estimate of drug-likeness (QED) is 0.742.